The van der Waals surface area contributed by atoms with Crippen LogP contribution in [0.2, 0.25) is 5.02 Å². The number of hydrogen-bond acceptors (Lipinski definition) is 4. The summed E-state index contributed by atoms with van der Waals surface area (Å²) in [5.41, 5.74) is 5.90. The summed E-state index contributed by atoms with van der Waals surface area (Å²) in [6.07, 6.45) is 0. The Morgan fingerprint density at radius 2 is 2.35 bits per heavy atom. The zero-order valence-electron chi connectivity index (χ0n) is 9.44. The summed E-state index contributed by atoms with van der Waals surface area (Å²) >= 11 is 5.77. The molecule has 6 heteroatoms. The van der Waals surface area contributed by atoms with Crippen molar-refractivity contribution in [3.05, 3.63) is 28.8 Å². The fraction of sp³-hybridized carbons (Fsp3) is 0.364. The second-order valence-electron chi connectivity index (χ2n) is 3.49. The normalized spacial score (nSPS) is 12.4. The summed E-state index contributed by atoms with van der Waals surface area (Å²) in [6, 6.07) is 3.87. The first-order valence-corrected chi connectivity index (χ1v) is 5.44. The summed E-state index contributed by atoms with van der Waals surface area (Å²) < 4.78 is 4.87. The molecule has 0 saturated heterocycles. The lowest BCUT2D eigenvalue weighted by Crippen LogP contribution is -2.35. The van der Waals surface area contributed by atoms with Gasteiger partial charge in [0.25, 0.3) is 0 Å². The summed E-state index contributed by atoms with van der Waals surface area (Å²) in [6.45, 7) is 0.957. The Morgan fingerprint density at radius 1 is 1.65 bits per heavy atom. The second-order valence-corrected chi connectivity index (χ2v) is 3.90. The zero-order chi connectivity index (χ0) is 12.8. The molecule has 0 aliphatic heterocycles. The molecule has 0 aliphatic carbocycles. The van der Waals surface area contributed by atoms with Crippen LogP contribution in [0.1, 0.15) is 11.6 Å². The topological polar surface area (TPSA) is 84.6 Å². The second kappa shape index (κ2) is 6.44. The third-order valence-corrected chi connectivity index (χ3v) is 2.55. The van der Waals surface area contributed by atoms with Crippen molar-refractivity contribution in [2.45, 2.75) is 6.04 Å². The van der Waals surface area contributed by atoms with Gasteiger partial charge in [-0.25, -0.2) is 0 Å². The lowest BCUT2D eigenvalue weighted by molar-refractivity contribution is -0.120. The molecule has 1 rings (SSSR count). The number of hydrogen-bond donors (Lipinski definition) is 3. The summed E-state index contributed by atoms with van der Waals surface area (Å²) in [5, 5.41) is 12.4. The molecule has 1 unspecified atom stereocenters. The number of aromatic hydroxyl groups is 1. The van der Waals surface area contributed by atoms with Crippen LogP contribution in [0.4, 0.5) is 0 Å². The van der Waals surface area contributed by atoms with Crippen molar-refractivity contribution < 1.29 is 14.6 Å². The van der Waals surface area contributed by atoms with Crippen molar-refractivity contribution in [1.82, 2.24) is 5.32 Å². The monoisotopic (exact) mass is 258 g/mol. The molecule has 0 bridgehead atoms. The molecule has 5 nitrogen and oxygen atoms in total. The molecule has 0 radical (unpaired) electrons. The molecule has 94 valence electrons. The van der Waals surface area contributed by atoms with Crippen molar-refractivity contribution in [2.75, 3.05) is 20.3 Å². The van der Waals surface area contributed by atoms with E-state index in [1.165, 1.54) is 12.1 Å². The molecular weight excluding hydrogens is 244 g/mol. The largest absolute Gasteiger partial charge is 0.506 e. The third kappa shape index (κ3) is 3.89. The molecule has 0 fully saturated rings. The van der Waals surface area contributed by atoms with Crippen LogP contribution in [-0.4, -0.2) is 31.3 Å². The molecule has 4 N–H and O–H groups in total. The van der Waals surface area contributed by atoms with Gasteiger partial charge >= 0.3 is 0 Å². The van der Waals surface area contributed by atoms with Crippen LogP contribution in [0, 0.1) is 0 Å². The highest BCUT2D eigenvalue weighted by Crippen LogP contribution is 2.26. The Kier molecular flexibility index (Phi) is 5.21. The first kappa shape index (κ1) is 13.8. The number of benzene rings is 1. The van der Waals surface area contributed by atoms with Crippen LogP contribution < -0.4 is 11.1 Å². The van der Waals surface area contributed by atoms with Gasteiger partial charge in [-0.2, -0.15) is 0 Å². The van der Waals surface area contributed by atoms with Crippen molar-refractivity contribution in [2.24, 2.45) is 5.73 Å². The van der Waals surface area contributed by atoms with Gasteiger partial charge in [0.2, 0.25) is 5.91 Å². The van der Waals surface area contributed by atoms with Crippen molar-refractivity contribution in [1.29, 1.82) is 0 Å². The van der Waals surface area contributed by atoms with Crippen LogP contribution in [0.25, 0.3) is 0 Å². The molecule has 1 amide bonds. The Morgan fingerprint density at radius 3 is 2.88 bits per heavy atom. The van der Waals surface area contributed by atoms with E-state index in [0.717, 1.165) is 0 Å². The minimum atomic E-state index is -0.650. The van der Waals surface area contributed by atoms with Crippen LogP contribution in [0.15, 0.2) is 18.2 Å². The van der Waals surface area contributed by atoms with Crippen LogP contribution in [-0.2, 0) is 9.53 Å². The Hall–Kier alpha value is -1.30. The number of phenolic OH excluding ortho intramolecular Hbond substituents is 1. The molecule has 0 aromatic heterocycles. The van der Waals surface area contributed by atoms with Gasteiger partial charge < -0.3 is 15.6 Å². The first-order valence-electron chi connectivity index (χ1n) is 5.06. The zero-order valence-corrected chi connectivity index (χ0v) is 10.2. The minimum absolute atomic E-state index is 0.0319. The number of carbonyl (C=O) groups is 1. The standard InChI is InChI=1S/C11H15ClN2O3/c1-17-5-4-14-10(11(13)16)7-2-3-9(15)8(12)6-7/h2-3,6,10,14-15H,4-5H2,1H3,(H2,13,16). The number of carbonyl (C=O) groups excluding carboxylic acids is 1. The van der Waals surface area contributed by atoms with Gasteiger partial charge in [-0.1, -0.05) is 17.7 Å². The number of halogens is 1. The van der Waals surface area contributed by atoms with E-state index in [9.17, 15) is 9.90 Å². The summed E-state index contributed by atoms with van der Waals surface area (Å²) in [5.74, 6) is -0.543. The smallest absolute Gasteiger partial charge is 0.239 e. The number of nitrogens with two attached hydrogens (primary N) is 1. The van der Waals surface area contributed by atoms with Crippen LogP contribution >= 0.6 is 11.6 Å². The first-order chi connectivity index (χ1) is 8.06. The van der Waals surface area contributed by atoms with Crippen molar-refractivity contribution >= 4 is 17.5 Å². The van der Waals surface area contributed by atoms with E-state index in [-0.39, 0.29) is 10.8 Å². The minimum Gasteiger partial charge on any atom is -0.506 e. The molecule has 0 spiro atoms. The van der Waals surface area contributed by atoms with E-state index in [1.54, 1.807) is 13.2 Å². The number of primary amides is 1. The Balaban J connectivity index is 2.82. The average Bonchev–Trinajstić information content (AvgIpc) is 2.28. The van der Waals surface area contributed by atoms with Gasteiger partial charge in [-0.15, -0.1) is 0 Å². The average molecular weight is 259 g/mol. The Bertz CT molecular complexity index is 398. The number of phenols is 1. The van der Waals surface area contributed by atoms with Crippen LogP contribution in [0.5, 0.6) is 5.75 Å². The SMILES string of the molecule is COCCNC(C(N)=O)c1ccc(O)c(Cl)c1. The maximum atomic E-state index is 11.3. The molecular formula is C11H15ClN2O3. The van der Waals surface area contributed by atoms with Crippen molar-refractivity contribution in [3.63, 3.8) is 0 Å². The van der Waals surface area contributed by atoms with Gasteiger partial charge in [0.05, 0.1) is 11.6 Å². The molecule has 1 aromatic rings. The Labute approximate surface area is 105 Å². The summed E-state index contributed by atoms with van der Waals surface area (Å²) in [7, 11) is 1.57. The number of ether oxygens (including phenoxy) is 1. The molecule has 0 heterocycles. The highest BCUT2D eigenvalue weighted by Gasteiger charge is 2.17. The van der Waals surface area contributed by atoms with Crippen LogP contribution in [0.3, 0.4) is 0 Å². The number of rotatable bonds is 6. The van der Waals surface area contributed by atoms with Gasteiger partial charge in [-0.3, -0.25) is 10.1 Å². The maximum Gasteiger partial charge on any atom is 0.239 e. The number of methoxy groups -OCH3 is 1. The highest BCUT2D eigenvalue weighted by molar-refractivity contribution is 6.32. The lowest BCUT2D eigenvalue weighted by atomic mass is 10.1. The number of nitrogens with one attached hydrogen (secondary N) is 1. The van der Waals surface area contributed by atoms with E-state index >= 15 is 0 Å². The molecule has 0 saturated carbocycles. The van der Waals surface area contributed by atoms with E-state index < -0.39 is 11.9 Å². The van der Waals surface area contributed by atoms with Gasteiger partial charge in [0.1, 0.15) is 11.8 Å². The molecule has 0 aliphatic rings. The maximum absolute atomic E-state index is 11.3. The fourth-order valence-corrected chi connectivity index (χ4v) is 1.58. The van der Waals surface area contributed by atoms with E-state index in [2.05, 4.69) is 5.32 Å². The van der Waals surface area contributed by atoms with Gasteiger partial charge in [0, 0.05) is 13.7 Å². The molecule has 1 aromatic carbocycles. The third-order valence-electron chi connectivity index (χ3n) is 2.24. The predicted molar refractivity (Wildman–Crippen MR) is 64.9 cm³/mol. The van der Waals surface area contributed by atoms with Gasteiger partial charge in [0.15, 0.2) is 0 Å². The number of amides is 1. The van der Waals surface area contributed by atoms with Crippen molar-refractivity contribution in [3.8, 4) is 5.75 Å². The predicted octanol–water partition coefficient (Wildman–Crippen LogP) is 0.808. The fourth-order valence-electron chi connectivity index (χ4n) is 1.39. The summed E-state index contributed by atoms with van der Waals surface area (Å²) in [4.78, 5) is 11.3. The molecule has 17 heavy (non-hydrogen) atoms. The lowest BCUT2D eigenvalue weighted by Gasteiger charge is -2.16. The highest BCUT2D eigenvalue weighted by atomic mass is 35.5. The van der Waals surface area contributed by atoms with Gasteiger partial charge in [-0.05, 0) is 17.7 Å². The van der Waals surface area contributed by atoms with E-state index in [4.69, 9.17) is 22.1 Å². The van der Waals surface area contributed by atoms with E-state index in [0.29, 0.717) is 18.7 Å². The molecule has 1 atom stereocenters. The van der Waals surface area contributed by atoms with E-state index in [1.807, 2.05) is 0 Å². The quantitative estimate of drug-likeness (QED) is 0.659.